The highest BCUT2D eigenvalue weighted by molar-refractivity contribution is 6.05. The quantitative estimate of drug-likeness (QED) is 0.836. The molecule has 0 saturated carbocycles. The van der Waals surface area contributed by atoms with Crippen LogP contribution in [-0.2, 0) is 0 Å². The second-order valence-electron chi connectivity index (χ2n) is 4.76. The largest absolute Gasteiger partial charge is 0.494 e. The third-order valence-corrected chi connectivity index (χ3v) is 3.00. The average molecular weight is 299 g/mol. The van der Waals surface area contributed by atoms with E-state index in [0.717, 1.165) is 6.42 Å². The molecule has 1 amide bonds. The molecule has 0 radical (unpaired) electrons. The van der Waals surface area contributed by atoms with Gasteiger partial charge in [-0.3, -0.25) is 4.79 Å². The van der Waals surface area contributed by atoms with Crippen molar-refractivity contribution in [2.75, 3.05) is 18.5 Å². The van der Waals surface area contributed by atoms with E-state index in [1.807, 2.05) is 44.2 Å². The molecular weight excluding hydrogens is 278 g/mol. The van der Waals surface area contributed by atoms with Crippen LogP contribution in [0.5, 0.6) is 11.5 Å². The van der Waals surface area contributed by atoms with E-state index in [2.05, 4.69) is 5.32 Å². The SMILES string of the molecule is CCCOc1ccccc1NC(=O)c1cccc(OCC)c1. The Bertz CT molecular complexity index is 625. The molecule has 4 heteroatoms. The number of carbonyl (C=O) groups is 1. The molecule has 4 nitrogen and oxygen atoms in total. The fraction of sp³-hybridized carbons (Fsp3) is 0.278. The fourth-order valence-electron chi connectivity index (χ4n) is 2.00. The lowest BCUT2D eigenvalue weighted by Crippen LogP contribution is -2.13. The van der Waals surface area contributed by atoms with E-state index >= 15 is 0 Å². The first kappa shape index (κ1) is 15.9. The van der Waals surface area contributed by atoms with Crippen molar-refractivity contribution in [3.8, 4) is 11.5 Å². The first-order valence-corrected chi connectivity index (χ1v) is 7.50. The molecule has 0 bridgehead atoms. The van der Waals surface area contributed by atoms with E-state index in [1.165, 1.54) is 0 Å². The third-order valence-electron chi connectivity index (χ3n) is 3.00. The Balaban J connectivity index is 2.13. The molecule has 0 saturated heterocycles. The molecule has 22 heavy (non-hydrogen) atoms. The van der Waals surface area contributed by atoms with Gasteiger partial charge in [0.2, 0.25) is 0 Å². The lowest BCUT2D eigenvalue weighted by molar-refractivity contribution is 0.102. The number of hydrogen-bond donors (Lipinski definition) is 1. The predicted molar refractivity (Wildman–Crippen MR) is 87.8 cm³/mol. The summed E-state index contributed by atoms with van der Waals surface area (Å²) in [6.45, 7) is 5.14. The predicted octanol–water partition coefficient (Wildman–Crippen LogP) is 4.13. The fourth-order valence-corrected chi connectivity index (χ4v) is 2.00. The van der Waals surface area contributed by atoms with Crippen LogP contribution in [0.25, 0.3) is 0 Å². The third kappa shape index (κ3) is 4.25. The Morgan fingerprint density at radius 2 is 1.86 bits per heavy atom. The van der Waals surface area contributed by atoms with Gasteiger partial charge in [-0.05, 0) is 43.7 Å². The number of hydrogen-bond acceptors (Lipinski definition) is 3. The maximum atomic E-state index is 12.4. The summed E-state index contributed by atoms with van der Waals surface area (Å²) in [4.78, 5) is 12.4. The molecule has 2 rings (SSSR count). The van der Waals surface area contributed by atoms with Crippen molar-refractivity contribution in [3.63, 3.8) is 0 Å². The lowest BCUT2D eigenvalue weighted by Gasteiger charge is -2.12. The van der Waals surface area contributed by atoms with E-state index in [9.17, 15) is 4.79 Å². The van der Waals surface area contributed by atoms with E-state index in [1.54, 1.807) is 18.2 Å². The van der Waals surface area contributed by atoms with E-state index in [0.29, 0.717) is 36.0 Å². The molecule has 0 aliphatic heterocycles. The molecule has 0 heterocycles. The molecule has 2 aromatic carbocycles. The minimum Gasteiger partial charge on any atom is -0.494 e. The van der Waals surface area contributed by atoms with Crippen molar-refractivity contribution < 1.29 is 14.3 Å². The van der Waals surface area contributed by atoms with Crippen molar-refractivity contribution in [1.29, 1.82) is 0 Å². The second-order valence-corrected chi connectivity index (χ2v) is 4.76. The van der Waals surface area contributed by atoms with Gasteiger partial charge in [0, 0.05) is 5.56 Å². The number of anilines is 1. The van der Waals surface area contributed by atoms with Crippen LogP contribution in [0.4, 0.5) is 5.69 Å². The Labute approximate surface area is 131 Å². The van der Waals surface area contributed by atoms with E-state index in [-0.39, 0.29) is 5.91 Å². The summed E-state index contributed by atoms with van der Waals surface area (Å²) in [5, 5.41) is 2.89. The normalized spacial score (nSPS) is 10.1. The number of rotatable bonds is 7. The molecule has 2 aromatic rings. The summed E-state index contributed by atoms with van der Waals surface area (Å²) in [5.74, 6) is 1.18. The van der Waals surface area contributed by atoms with Gasteiger partial charge in [0.15, 0.2) is 0 Å². The molecule has 0 aliphatic carbocycles. The average Bonchev–Trinajstić information content (AvgIpc) is 2.54. The number of carbonyl (C=O) groups excluding carboxylic acids is 1. The number of nitrogens with one attached hydrogen (secondary N) is 1. The van der Waals surface area contributed by atoms with Crippen molar-refractivity contribution >= 4 is 11.6 Å². The lowest BCUT2D eigenvalue weighted by atomic mass is 10.2. The Morgan fingerprint density at radius 3 is 2.64 bits per heavy atom. The van der Waals surface area contributed by atoms with E-state index < -0.39 is 0 Å². The zero-order chi connectivity index (χ0) is 15.8. The van der Waals surface area contributed by atoms with E-state index in [4.69, 9.17) is 9.47 Å². The summed E-state index contributed by atoms with van der Waals surface area (Å²) in [6, 6.07) is 14.6. The van der Waals surface area contributed by atoms with Crippen LogP contribution < -0.4 is 14.8 Å². The Hall–Kier alpha value is -2.49. The van der Waals surface area contributed by atoms with Crippen LogP contribution in [0.15, 0.2) is 48.5 Å². The molecule has 0 aliphatic rings. The maximum Gasteiger partial charge on any atom is 0.255 e. The molecule has 0 atom stereocenters. The maximum absolute atomic E-state index is 12.4. The Morgan fingerprint density at radius 1 is 1.05 bits per heavy atom. The minimum absolute atomic E-state index is 0.186. The summed E-state index contributed by atoms with van der Waals surface area (Å²) >= 11 is 0. The zero-order valence-electron chi connectivity index (χ0n) is 13.0. The van der Waals surface area contributed by atoms with Crippen molar-refractivity contribution in [1.82, 2.24) is 0 Å². The standard InChI is InChI=1S/C18H21NO3/c1-3-12-22-17-11-6-5-10-16(17)19-18(20)14-8-7-9-15(13-14)21-4-2/h5-11,13H,3-4,12H2,1-2H3,(H,19,20). The van der Waals surface area contributed by atoms with Crippen LogP contribution in [0.1, 0.15) is 30.6 Å². The van der Waals surface area contributed by atoms with Gasteiger partial charge in [-0.25, -0.2) is 0 Å². The molecule has 0 unspecified atom stereocenters. The van der Waals surface area contributed by atoms with Crippen molar-refractivity contribution in [3.05, 3.63) is 54.1 Å². The summed E-state index contributed by atoms with van der Waals surface area (Å²) in [6.07, 6.45) is 0.915. The van der Waals surface area contributed by atoms with Crippen LogP contribution >= 0.6 is 0 Å². The van der Waals surface area contributed by atoms with Crippen molar-refractivity contribution in [2.45, 2.75) is 20.3 Å². The summed E-state index contributed by atoms with van der Waals surface area (Å²) < 4.78 is 11.1. The van der Waals surface area contributed by atoms with Gasteiger partial charge in [0.25, 0.3) is 5.91 Å². The molecular formula is C18H21NO3. The number of benzene rings is 2. The van der Waals surface area contributed by atoms with Gasteiger partial charge >= 0.3 is 0 Å². The van der Waals surface area contributed by atoms with Gasteiger partial charge in [0.05, 0.1) is 18.9 Å². The van der Waals surface area contributed by atoms with Crippen molar-refractivity contribution in [2.24, 2.45) is 0 Å². The topological polar surface area (TPSA) is 47.6 Å². The number of para-hydroxylation sites is 2. The first-order chi connectivity index (χ1) is 10.7. The Kier molecular flexibility index (Phi) is 5.83. The highest BCUT2D eigenvalue weighted by Crippen LogP contribution is 2.25. The summed E-state index contributed by atoms with van der Waals surface area (Å²) in [5.41, 5.74) is 1.22. The monoisotopic (exact) mass is 299 g/mol. The molecule has 0 spiro atoms. The molecule has 116 valence electrons. The smallest absolute Gasteiger partial charge is 0.255 e. The van der Waals surface area contributed by atoms with Gasteiger partial charge in [0.1, 0.15) is 11.5 Å². The van der Waals surface area contributed by atoms with Gasteiger partial charge in [-0.15, -0.1) is 0 Å². The second kappa shape index (κ2) is 8.08. The molecule has 0 aromatic heterocycles. The zero-order valence-corrected chi connectivity index (χ0v) is 13.0. The van der Waals surface area contributed by atoms with Crippen LogP contribution in [0.3, 0.4) is 0 Å². The highest BCUT2D eigenvalue weighted by atomic mass is 16.5. The van der Waals surface area contributed by atoms with Gasteiger partial charge in [-0.2, -0.15) is 0 Å². The van der Waals surface area contributed by atoms with Crippen LogP contribution in [0.2, 0.25) is 0 Å². The highest BCUT2D eigenvalue weighted by Gasteiger charge is 2.10. The van der Waals surface area contributed by atoms with Gasteiger partial charge in [-0.1, -0.05) is 25.1 Å². The number of ether oxygens (including phenoxy) is 2. The molecule has 0 fully saturated rings. The molecule has 1 N–H and O–H groups in total. The number of amides is 1. The van der Waals surface area contributed by atoms with Crippen LogP contribution in [0, 0.1) is 0 Å². The van der Waals surface area contributed by atoms with Gasteiger partial charge < -0.3 is 14.8 Å². The summed E-state index contributed by atoms with van der Waals surface area (Å²) in [7, 11) is 0. The van der Waals surface area contributed by atoms with Crippen LogP contribution in [-0.4, -0.2) is 19.1 Å². The first-order valence-electron chi connectivity index (χ1n) is 7.50. The minimum atomic E-state index is -0.186.